The molecule has 4 nitrogen and oxygen atoms in total. The zero-order valence-corrected chi connectivity index (χ0v) is 10.2. The second-order valence-electron chi connectivity index (χ2n) is 3.29. The molecule has 18 heavy (non-hydrogen) atoms. The van der Waals surface area contributed by atoms with Crippen molar-refractivity contribution < 1.29 is 23.1 Å². The summed E-state index contributed by atoms with van der Waals surface area (Å²) in [6, 6.07) is 1.38. The quantitative estimate of drug-likeness (QED) is 0.679. The van der Waals surface area contributed by atoms with Crippen molar-refractivity contribution in [3.8, 4) is 0 Å². The molecule has 1 aromatic rings. The normalized spacial score (nSPS) is 10.0. The van der Waals surface area contributed by atoms with Gasteiger partial charge in [-0.05, 0) is 6.07 Å². The SMILES string of the molecule is COC(=O)c1cc(NC(=O)CCCl)c(F)cc1F. The van der Waals surface area contributed by atoms with Gasteiger partial charge in [0.15, 0.2) is 0 Å². The molecule has 1 N–H and O–H groups in total. The Morgan fingerprint density at radius 3 is 2.56 bits per heavy atom. The standard InChI is InChI=1S/C11H10ClF2NO3/c1-18-11(17)6-4-9(8(14)5-7(6)13)15-10(16)2-3-12/h4-5H,2-3H2,1H3,(H,15,16). The van der Waals surface area contributed by atoms with Crippen molar-refractivity contribution in [2.24, 2.45) is 0 Å². The van der Waals surface area contributed by atoms with Crippen LogP contribution in [0.1, 0.15) is 16.8 Å². The molecule has 0 saturated heterocycles. The van der Waals surface area contributed by atoms with E-state index >= 15 is 0 Å². The third-order valence-corrected chi connectivity index (χ3v) is 2.25. The summed E-state index contributed by atoms with van der Waals surface area (Å²) in [5.41, 5.74) is -0.757. The number of amides is 1. The molecule has 0 aliphatic rings. The average molecular weight is 278 g/mol. The zero-order valence-electron chi connectivity index (χ0n) is 9.43. The Morgan fingerprint density at radius 1 is 1.33 bits per heavy atom. The fourth-order valence-electron chi connectivity index (χ4n) is 1.21. The molecule has 0 spiro atoms. The summed E-state index contributed by atoms with van der Waals surface area (Å²) in [5, 5.41) is 2.18. The van der Waals surface area contributed by atoms with Crippen LogP contribution in [0.15, 0.2) is 12.1 Å². The highest BCUT2D eigenvalue weighted by Crippen LogP contribution is 2.20. The first kappa shape index (κ1) is 14.4. The minimum Gasteiger partial charge on any atom is -0.465 e. The Kier molecular flexibility index (Phi) is 5.03. The van der Waals surface area contributed by atoms with Crippen LogP contribution in [0.5, 0.6) is 0 Å². The number of nitrogens with one attached hydrogen (secondary N) is 1. The fraction of sp³-hybridized carbons (Fsp3) is 0.273. The highest BCUT2D eigenvalue weighted by Gasteiger charge is 2.17. The van der Waals surface area contributed by atoms with Gasteiger partial charge in [-0.25, -0.2) is 13.6 Å². The number of hydrogen-bond acceptors (Lipinski definition) is 3. The number of rotatable bonds is 4. The molecular weight excluding hydrogens is 268 g/mol. The summed E-state index contributed by atoms with van der Waals surface area (Å²) in [6.07, 6.45) is -0.0219. The van der Waals surface area contributed by atoms with Crippen LogP contribution in [0.3, 0.4) is 0 Å². The molecule has 0 unspecified atom stereocenters. The maximum atomic E-state index is 13.4. The van der Waals surface area contributed by atoms with Gasteiger partial charge in [-0.1, -0.05) is 0 Å². The monoisotopic (exact) mass is 277 g/mol. The van der Waals surface area contributed by atoms with E-state index in [0.29, 0.717) is 6.07 Å². The van der Waals surface area contributed by atoms with Gasteiger partial charge < -0.3 is 10.1 Å². The third-order valence-electron chi connectivity index (χ3n) is 2.06. The average Bonchev–Trinajstić information content (AvgIpc) is 2.32. The largest absolute Gasteiger partial charge is 0.465 e. The van der Waals surface area contributed by atoms with Gasteiger partial charge in [0, 0.05) is 18.4 Å². The molecule has 0 radical (unpaired) electrons. The number of alkyl halides is 1. The van der Waals surface area contributed by atoms with E-state index in [2.05, 4.69) is 10.1 Å². The predicted octanol–water partition coefficient (Wildman–Crippen LogP) is 2.32. The molecule has 0 fully saturated rings. The lowest BCUT2D eigenvalue weighted by atomic mass is 10.1. The number of benzene rings is 1. The van der Waals surface area contributed by atoms with Gasteiger partial charge in [0.1, 0.15) is 11.6 Å². The van der Waals surface area contributed by atoms with Crippen molar-refractivity contribution in [1.29, 1.82) is 0 Å². The summed E-state index contributed by atoms with van der Waals surface area (Å²) in [7, 11) is 1.07. The van der Waals surface area contributed by atoms with E-state index in [1.807, 2.05) is 0 Å². The first-order valence-electron chi connectivity index (χ1n) is 4.92. The molecule has 0 saturated carbocycles. The van der Waals surface area contributed by atoms with Crippen LogP contribution in [0.2, 0.25) is 0 Å². The lowest BCUT2D eigenvalue weighted by molar-refractivity contribution is -0.115. The van der Waals surface area contributed by atoms with Gasteiger partial charge in [-0.2, -0.15) is 0 Å². The third kappa shape index (κ3) is 3.40. The van der Waals surface area contributed by atoms with Crippen molar-refractivity contribution in [2.75, 3.05) is 18.3 Å². The van der Waals surface area contributed by atoms with E-state index in [1.165, 1.54) is 0 Å². The Balaban J connectivity index is 3.05. The topological polar surface area (TPSA) is 55.4 Å². The van der Waals surface area contributed by atoms with Crippen molar-refractivity contribution in [1.82, 2.24) is 0 Å². The summed E-state index contributed by atoms with van der Waals surface area (Å²) in [5.74, 6) is -3.47. The maximum absolute atomic E-state index is 13.4. The number of carbonyl (C=O) groups is 2. The van der Waals surface area contributed by atoms with Gasteiger partial charge in [0.05, 0.1) is 18.4 Å². The van der Waals surface area contributed by atoms with Crippen LogP contribution in [0, 0.1) is 11.6 Å². The van der Waals surface area contributed by atoms with E-state index in [-0.39, 0.29) is 18.0 Å². The second-order valence-corrected chi connectivity index (χ2v) is 3.67. The molecule has 0 heterocycles. The van der Waals surface area contributed by atoms with Crippen LogP contribution in [-0.4, -0.2) is 24.9 Å². The molecular formula is C11H10ClF2NO3. The highest BCUT2D eigenvalue weighted by molar-refractivity contribution is 6.19. The van der Waals surface area contributed by atoms with Crippen LogP contribution >= 0.6 is 11.6 Å². The highest BCUT2D eigenvalue weighted by atomic mass is 35.5. The Morgan fingerprint density at radius 2 is 2.00 bits per heavy atom. The van der Waals surface area contributed by atoms with Gasteiger partial charge in [0.2, 0.25) is 5.91 Å². The number of halogens is 3. The van der Waals surface area contributed by atoms with E-state index in [9.17, 15) is 18.4 Å². The lowest BCUT2D eigenvalue weighted by Crippen LogP contribution is -2.14. The fourth-order valence-corrected chi connectivity index (χ4v) is 1.38. The van der Waals surface area contributed by atoms with Gasteiger partial charge in [-0.15, -0.1) is 11.6 Å². The number of anilines is 1. The Hall–Kier alpha value is -1.69. The first-order valence-corrected chi connectivity index (χ1v) is 5.46. The summed E-state index contributed by atoms with van der Waals surface area (Å²) >= 11 is 5.34. The molecule has 7 heteroatoms. The smallest absolute Gasteiger partial charge is 0.340 e. The van der Waals surface area contributed by atoms with Gasteiger partial charge >= 0.3 is 5.97 Å². The first-order chi connectivity index (χ1) is 8.49. The number of ether oxygens (including phenoxy) is 1. The molecule has 98 valence electrons. The van der Waals surface area contributed by atoms with E-state index in [0.717, 1.165) is 13.2 Å². The molecule has 1 amide bonds. The van der Waals surface area contributed by atoms with Gasteiger partial charge in [-0.3, -0.25) is 4.79 Å². The molecule has 1 rings (SSSR count). The molecule has 1 aromatic carbocycles. The molecule has 0 aromatic heterocycles. The van der Waals surface area contributed by atoms with Crippen molar-refractivity contribution in [2.45, 2.75) is 6.42 Å². The summed E-state index contributed by atoms with van der Waals surface area (Å²) in [4.78, 5) is 22.4. The lowest BCUT2D eigenvalue weighted by Gasteiger charge is -2.08. The number of methoxy groups -OCH3 is 1. The molecule has 0 aliphatic carbocycles. The van der Waals surface area contributed by atoms with E-state index < -0.39 is 29.1 Å². The summed E-state index contributed by atoms with van der Waals surface area (Å²) < 4.78 is 31.0. The van der Waals surface area contributed by atoms with Crippen molar-refractivity contribution >= 4 is 29.2 Å². The second kappa shape index (κ2) is 6.30. The van der Waals surface area contributed by atoms with Crippen LogP contribution in [0.25, 0.3) is 0 Å². The molecule has 0 bridgehead atoms. The summed E-state index contributed by atoms with van der Waals surface area (Å²) in [6.45, 7) is 0. The maximum Gasteiger partial charge on any atom is 0.340 e. The van der Waals surface area contributed by atoms with Crippen LogP contribution < -0.4 is 5.32 Å². The zero-order chi connectivity index (χ0) is 13.7. The van der Waals surface area contributed by atoms with E-state index in [4.69, 9.17) is 11.6 Å². The van der Waals surface area contributed by atoms with E-state index in [1.54, 1.807) is 0 Å². The minimum absolute atomic E-state index is 0.0219. The van der Waals surface area contributed by atoms with Crippen LogP contribution in [0.4, 0.5) is 14.5 Å². The number of esters is 1. The minimum atomic E-state index is -1.06. The van der Waals surface area contributed by atoms with Crippen molar-refractivity contribution in [3.63, 3.8) is 0 Å². The van der Waals surface area contributed by atoms with Crippen LogP contribution in [-0.2, 0) is 9.53 Å². The van der Waals surface area contributed by atoms with Gasteiger partial charge in [0.25, 0.3) is 0 Å². The molecule has 0 atom stereocenters. The Bertz CT molecular complexity index is 480. The predicted molar refractivity (Wildman–Crippen MR) is 61.7 cm³/mol. The Labute approximate surface area is 107 Å². The molecule has 0 aliphatic heterocycles. The van der Waals surface area contributed by atoms with Crippen molar-refractivity contribution in [3.05, 3.63) is 29.3 Å². The number of carbonyl (C=O) groups excluding carboxylic acids is 2. The number of hydrogen-bond donors (Lipinski definition) is 1.